The van der Waals surface area contributed by atoms with E-state index in [0.717, 1.165) is 0 Å². The molecule has 0 radical (unpaired) electrons. The minimum absolute atomic E-state index is 0.0663. The number of nitrogens with zero attached hydrogens (tertiary/aromatic N) is 3. The van der Waals surface area contributed by atoms with Crippen LogP contribution in [0.25, 0.3) is 0 Å². The number of aromatic nitrogens is 2. The Morgan fingerprint density at radius 2 is 1.96 bits per heavy atom. The van der Waals surface area contributed by atoms with E-state index < -0.39 is 4.92 Å². The maximum atomic E-state index is 12.4. The highest BCUT2D eigenvalue weighted by atomic mass is 16.6. The fourth-order valence-electron chi connectivity index (χ4n) is 2.24. The van der Waals surface area contributed by atoms with Crippen molar-refractivity contribution in [2.45, 2.75) is 6.54 Å². The number of hydrogen-bond donors (Lipinski definition) is 0. The molecule has 0 spiro atoms. The Balaban J connectivity index is 1.83. The Morgan fingerprint density at radius 3 is 2.72 bits per heavy atom. The van der Waals surface area contributed by atoms with Gasteiger partial charge in [-0.2, -0.15) is 4.57 Å². The first-order valence-electron chi connectivity index (χ1n) is 7.47. The van der Waals surface area contributed by atoms with Gasteiger partial charge in [-0.3, -0.25) is 14.9 Å². The summed E-state index contributed by atoms with van der Waals surface area (Å²) in [7, 11) is 0. The summed E-state index contributed by atoms with van der Waals surface area (Å²) in [6.45, 7) is 0.0663. The minimum Gasteiger partial charge on any atom is -0.404 e. The molecule has 0 fully saturated rings. The van der Waals surface area contributed by atoms with E-state index in [-0.39, 0.29) is 18.0 Å². The first kappa shape index (κ1) is 16.3. The molecule has 0 N–H and O–H groups in total. The molecule has 3 aromatic rings. The van der Waals surface area contributed by atoms with Crippen molar-refractivity contribution in [3.05, 3.63) is 88.9 Å². The number of carbonyl (C=O) groups excluding carboxylic acids is 1. The molecule has 0 amide bonds. The molecule has 0 saturated carbocycles. The van der Waals surface area contributed by atoms with E-state index in [0.29, 0.717) is 17.2 Å². The van der Waals surface area contributed by atoms with Crippen LogP contribution in [-0.2, 0) is 6.54 Å². The van der Waals surface area contributed by atoms with E-state index in [2.05, 4.69) is 4.98 Å². The van der Waals surface area contributed by atoms with E-state index in [1.54, 1.807) is 47.3 Å². The number of rotatable bonds is 6. The highest BCUT2D eigenvalue weighted by Gasteiger charge is 2.19. The van der Waals surface area contributed by atoms with Crippen molar-refractivity contribution in [1.82, 2.24) is 4.98 Å². The third kappa shape index (κ3) is 4.03. The number of non-ortho nitro benzene ring substituents is 1. The summed E-state index contributed by atoms with van der Waals surface area (Å²) in [6, 6.07) is 14.7. The van der Waals surface area contributed by atoms with Crippen LogP contribution in [0.5, 0.6) is 11.6 Å². The first-order chi connectivity index (χ1) is 12.1. The van der Waals surface area contributed by atoms with Crippen molar-refractivity contribution in [2.24, 2.45) is 0 Å². The van der Waals surface area contributed by atoms with Crippen LogP contribution in [0.1, 0.15) is 10.4 Å². The van der Waals surface area contributed by atoms with Gasteiger partial charge >= 0.3 is 5.88 Å². The summed E-state index contributed by atoms with van der Waals surface area (Å²) in [6.07, 6.45) is 4.61. The number of ether oxygens (including phenoxy) is 1. The van der Waals surface area contributed by atoms with Gasteiger partial charge in [0, 0.05) is 11.6 Å². The minimum atomic E-state index is -0.497. The Morgan fingerprint density at radius 1 is 1.16 bits per heavy atom. The summed E-state index contributed by atoms with van der Waals surface area (Å²) in [4.78, 5) is 26.7. The van der Waals surface area contributed by atoms with Gasteiger partial charge in [0.1, 0.15) is 11.9 Å². The third-order valence-corrected chi connectivity index (χ3v) is 3.46. The van der Waals surface area contributed by atoms with E-state index in [1.807, 2.05) is 6.07 Å². The molecule has 0 aliphatic carbocycles. The molecule has 0 bridgehead atoms. The SMILES string of the molecule is O=C(C[n+]1ccncc1Oc1cccc([N+](=O)[O-])c1)c1ccccc1. The average Bonchev–Trinajstić information content (AvgIpc) is 2.64. The zero-order valence-corrected chi connectivity index (χ0v) is 13.1. The number of nitro benzene ring substituents is 1. The fraction of sp³-hybridized carbons (Fsp3) is 0.0556. The van der Waals surface area contributed by atoms with Crippen LogP contribution in [0.3, 0.4) is 0 Å². The molecule has 124 valence electrons. The van der Waals surface area contributed by atoms with E-state index in [1.165, 1.54) is 24.4 Å². The summed E-state index contributed by atoms with van der Waals surface area (Å²) < 4.78 is 7.28. The molecule has 7 nitrogen and oxygen atoms in total. The van der Waals surface area contributed by atoms with Gasteiger partial charge in [-0.05, 0) is 6.07 Å². The van der Waals surface area contributed by atoms with Crippen LogP contribution in [0.15, 0.2) is 73.2 Å². The van der Waals surface area contributed by atoms with Crippen LogP contribution < -0.4 is 9.30 Å². The van der Waals surface area contributed by atoms with Gasteiger partial charge in [0.2, 0.25) is 12.3 Å². The molecule has 1 heterocycles. The quantitative estimate of drug-likeness (QED) is 0.299. The van der Waals surface area contributed by atoms with Gasteiger partial charge in [-0.25, -0.2) is 4.98 Å². The Kier molecular flexibility index (Phi) is 4.75. The first-order valence-corrected chi connectivity index (χ1v) is 7.47. The smallest absolute Gasteiger partial charge is 0.392 e. The summed E-state index contributed by atoms with van der Waals surface area (Å²) in [5.41, 5.74) is 0.515. The highest BCUT2D eigenvalue weighted by molar-refractivity contribution is 5.94. The maximum Gasteiger partial charge on any atom is 0.392 e. The van der Waals surface area contributed by atoms with Gasteiger partial charge < -0.3 is 4.74 Å². The molecular weight excluding hydrogens is 322 g/mol. The summed E-state index contributed by atoms with van der Waals surface area (Å²) in [5, 5.41) is 10.9. The number of nitro groups is 1. The molecule has 2 aromatic carbocycles. The number of hydrogen-bond acceptors (Lipinski definition) is 5. The second kappa shape index (κ2) is 7.31. The fourth-order valence-corrected chi connectivity index (χ4v) is 2.24. The summed E-state index contributed by atoms with van der Waals surface area (Å²) in [5.74, 6) is 0.524. The second-order valence-corrected chi connectivity index (χ2v) is 5.19. The normalized spacial score (nSPS) is 10.2. The number of ketones is 1. The van der Waals surface area contributed by atoms with E-state index in [4.69, 9.17) is 4.74 Å². The predicted molar refractivity (Wildman–Crippen MR) is 88.4 cm³/mol. The van der Waals surface area contributed by atoms with Crippen molar-refractivity contribution >= 4 is 11.5 Å². The van der Waals surface area contributed by atoms with Gasteiger partial charge in [-0.1, -0.05) is 36.4 Å². The average molecular weight is 336 g/mol. The van der Waals surface area contributed by atoms with Crippen LogP contribution in [-0.4, -0.2) is 15.7 Å². The lowest BCUT2D eigenvalue weighted by molar-refractivity contribution is -0.687. The lowest BCUT2D eigenvalue weighted by atomic mass is 10.1. The molecule has 25 heavy (non-hydrogen) atoms. The zero-order valence-electron chi connectivity index (χ0n) is 13.1. The molecule has 3 rings (SSSR count). The van der Waals surface area contributed by atoms with Crippen LogP contribution in [0.2, 0.25) is 0 Å². The molecule has 1 aromatic heterocycles. The Labute approximate surface area is 143 Å². The van der Waals surface area contributed by atoms with Gasteiger partial charge in [0.05, 0.1) is 17.2 Å². The maximum absolute atomic E-state index is 12.4. The lowest BCUT2D eigenvalue weighted by Gasteiger charge is -2.05. The zero-order chi connectivity index (χ0) is 17.6. The van der Waals surface area contributed by atoms with Crippen LogP contribution >= 0.6 is 0 Å². The molecule has 7 heteroatoms. The van der Waals surface area contributed by atoms with Crippen LogP contribution in [0.4, 0.5) is 5.69 Å². The standard InChI is InChI=1S/C18H14N3O4/c22-17(14-5-2-1-3-6-14)13-20-10-9-19-12-18(20)25-16-8-4-7-15(11-16)21(23)24/h1-12H,13H2/q+1. The van der Waals surface area contributed by atoms with Crippen molar-refractivity contribution in [2.75, 3.05) is 0 Å². The van der Waals surface area contributed by atoms with Crippen molar-refractivity contribution in [3.63, 3.8) is 0 Å². The van der Waals surface area contributed by atoms with Crippen LogP contribution in [0, 0.1) is 10.1 Å². The topological polar surface area (TPSA) is 86.2 Å². The monoisotopic (exact) mass is 336 g/mol. The predicted octanol–water partition coefficient (Wildman–Crippen LogP) is 2.95. The largest absolute Gasteiger partial charge is 0.404 e. The molecule has 0 atom stereocenters. The Bertz CT molecular complexity index is 913. The molecule has 0 aliphatic rings. The van der Waals surface area contributed by atoms with Gasteiger partial charge in [0.25, 0.3) is 5.69 Å². The molecule has 0 aliphatic heterocycles. The highest BCUT2D eigenvalue weighted by Crippen LogP contribution is 2.22. The number of benzene rings is 2. The Hall–Kier alpha value is -3.61. The van der Waals surface area contributed by atoms with E-state index in [9.17, 15) is 14.9 Å². The van der Waals surface area contributed by atoms with Crippen molar-refractivity contribution in [3.8, 4) is 11.6 Å². The van der Waals surface area contributed by atoms with Crippen molar-refractivity contribution in [1.29, 1.82) is 0 Å². The number of Topliss-reactive ketones (excluding diaryl/α,β-unsaturated/α-hetero) is 1. The second-order valence-electron chi connectivity index (χ2n) is 5.19. The van der Waals surface area contributed by atoms with Gasteiger partial charge in [0.15, 0.2) is 6.20 Å². The number of carbonyl (C=O) groups is 1. The summed E-state index contributed by atoms with van der Waals surface area (Å²) >= 11 is 0. The molecule has 0 saturated heterocycles. The molecular formula is C18H14N3O4+. The third-order valence-electron chi connectivity index (χ3n) is 3.46. The van der Waals surface area contributed by atoms with Crippen molar-refractivity contribution < 1.29 is 19.0 Å². The van der Waals surface area contributed by atoms with Gasteiger partial charge in [-0.15, -0.1) is 0 Å². The molecule has 0 unspecified atom stereocenters. The lowest BCUT2D eigenvalue weighted by Crippen LogP contribution is -2.39. The van der Waals surface area contributed by atoms with E-state index >= 15 is 0 Å².